The summed E-state index contributed by atoms with van der Waals surface area (Å²) in [5, 5.41) is 10.7. The lowest BCUT2D eigenvalue weighted by molar-refractivity contribution is -0.517. The SMILES string of the molecule is CCC1CC2CCCC(C2)C1C1OC(C2C3CC4CC(C3)CC2C4)C(F)(F)C(O)(C(F)(F)F)O1. The Morgan fingerprint density at radius 3 is 2.03 bits per heavy atom. The molecule has 6 bridgehead atoms. The van der Waals surface area contributed by atoms with Crippen molar-refractivity contribution in [2.75, 3.05) is 0 Å². The molecule has 7 fully saturated rings. The second-order valence-corrected chi connectivity index (χ2v) is 12.6. The molecule has 0 amide bonds. The molecule has 0 radical (unpaired) electrons. The van der Waals surface area contributed by atoms with Crippen LogP contribution in [0.1, 0.15) is 77.6 Å². The highest BCUT2D eigenvalue weighted by Crippen LogP contribution is 2.63. The van der Waals surface area contributed by atoms with Gasteiger partial charge in [0.15, 0.2) is 6.29 Å². The van der Waals surface area contributed by atoms with E-state index in [-0.39, 0.29) is 23.7 Å². The standard InChI is InChI=1S/C26H37F5O3/c1-2-16-7-13-4-3-5-17(8-13)21(16)23-33-22(24(27,28)25(32,34-23)26(29,30)31)20-18-9-14-6-15(11-18)12-19(20)10-14/h13-23,32H,2-12H2,1H3. The van der Waals surface area contributed by atoms with Gasteiger partial charge in [-0.3, -0.25) is 0 Å². The van der Waals surface area contributed by atoms with Gasteiger partial charge >= 0.3 is 17.9 Å². The fraction of sp³-hybridized carbons (Fsp3) is 1.00. The summed E-state index contributed by atoms with van der Waals surface area (Å²) in [6.07, 6.45) is 0.674. The first kappa shape index (κ1) is 23.9. The van der Waals surface area contributed by atoms with Gasteiger partial charge in [-0.2, -0.15) is 22.0 Å². The molecule has 34 heavy (non-hydrogen) atoms. The highest BCUT2D eigenvalue weighted by Gasteiger charge is 2.79. The molecule has 1 N–H and O–H groups in total. The Morgan fingerprint density at radius 2 is 1.44 bits per heavy atom. The van der Waals surface area contributed by atoms with E-state index in [2.05, 4.69) is 0 Å². The quantitative estimate of drug-likeness (QED) is 0.455. The first-order valence-corrected chi connectivity index (χ1v) is 13.5. The Bertz CT molecular complexity index is 757. The van der Waals surface area contributed by atoms with E-state index in [0.29, 0.717) is 17.8 Å². The van der Waals surface area contributed by atoms with Gasteiger partial charge in [-0.1, -0.05) is 26.2 Å². The first-order chi connectivity index (χ1) is 16.0. The van der Waals surface area contributed by atoms with Crippen molar-refractivity contribution in [2.24, 2.45) is 53.3 Å². The molecule has 1 aliphatic heterocycles. The van der Waals surface area contributed by atoms with Gasteiger partial charge in [0.2, 0.25) is 0 Å². The van der Waals surface area contributed by atoms with Crippen LogP contribution in [0.3, 0.4) is 0 Å². The van der Waals surface area contributed by atoms with Gasteiger partial charge < -0.3 is 14.6 Å². The van der Waals surface area contributed by atoms with Crippen LogP contribution in [-0.2, 0) is 9.47 Å². The molecule has 7 aliphatic rings. The van der Waals surface area contributed by atoms with Gasteiger partial charge in [-0.15, -0.1) is 0 Å². The van der Waals surface area contributed by atoms with Crippen LogP contribution in [0.2, 0.25) is 0 Å². The van der Waals surface area contributed by atoms with Crippen molar-refractivity contribution in [1.82, 2.24) is 0 Å². The molecule has 3 nitrogen and oxygen atoms in total. The third-order valence-electron chi connectivity index (χ3n) is 10.8. The van der Waals surface area contributed by atoms with E-state index in [4.69, 9.17) is 9.47 Å². The Hall–Kier alpha value is -0.470. The van der Waals surface area contributed by atoms with Crippen molar-refractivity contribution in [3.8, 4) is 0 Å². The molecule has 0 aromatic rings. The maximum absolute atomic E-state index is 15.8. The highest BCUT2D eigenvalue weighted by atomic mass is 19.4. The average molecular weight is 493 g/mol. The molecule has 1 saturated heterocycles. The molecule has 8 heteroatoms. The van der Waals surface area contributed by atoms with Crippen molar-refractivity contribution in [2.45, 2.75) is 108 Å². The highest BCUT2D eigenvalue weighted by molar-refractivity contribution is 5.09. The largest absolute Gasteiger partial charge is 0.449 e. The summed E-state index contributed by atoms with van der Waals surface area (Å²) in [6, 6.07) is 0. The summed E-state index contributed by atoms with van der Waals surface area (Å²) >= 11 is 0. The predicted molar refractivity (Wildman–Crippen MR) is 114 cm³/mol. The van der Waals surface area contributed by atoms with Crippen molar-refractivity contribution >= 4 is 0 Å². The second-order valence-electron chi connectivity index (χ2n) is 12.6. The number of fused-ring (bicyclic) bond motifs is 2. The Balaban J connectivity index is 1.38. The van der Waals surface area contributed by atoms with Crippen molar-refractivity contribution in [3.05, 3.63) is 0 Å². The van der Waals surface area contributed by atoms with Crippen LogP contribution in [0.5, 0.6) is 0 Å². The number of rotatable bonds is 3. The summed E-state index contributed by atoms with van der Waals surface area (Å²) in [4.78, 5) is 0. The normalized spacial score (nSPS) is 54.3. The number of aliphatic hydroxyl groups is 1. The zero-order chi connectivity index (χ0) is 24.0. The molecule has 0 aromatic heterocycles. The second kappa shape index (κ2) is 8.01. The molecule has 6 aliphatic carbocycles. The van der Waals surface area contributed by atoms with E-state index in [1.54, 1.807) is 0 Å². The van der Waals surface area contributed by atoms with Crippen LogP contribution in [-0.4, -0.2) is 35.4 Å². The Morgan fingerprint density at radius 1 is 0.824 bits per heavy atom. The van der Waals surface area contributed by atoms with Crippen LogP contribution < -0.4 is 0 Å². The fourth-order valence-corrected chi connectivity index (χ4v) is 9.67. The van der Waals surface area contributed by atoms with Crippen LogP contribution >= 0.6 is 0 Å². The van der Waals surface area contributed by atoms with E-state index in [9.17, 15) is 18.3 Å². The average Bonchev–Trinajstić information content (AvgIpc) is 2.75. The van der Waals surface area contributed by atoms with E-state index in [1.807, 2.05) is 6.92 Å². The summed E-state index contributed by atoms with van der Waals surface area (Å²) in [5.41, 5.74) is 0. The lowest BCUT2D eigenvalue weighted by atomic mass is 9.50. The minimum absolute atomic E-state index is 0.0532. The molecule has 0 aromatic carbocycles. The smallest absolute Gasteiger partial charge is 0.354 e. The van der Waals surface area contributed by atoms with E-state index >= 15 is 8.78 Å². The summed E-state index contributed by atoms with van der Waals surface area (Å²) in [7, 11) is 0. The first-order valence-electron chi connectivity index (χ1n) is 13.5. The van der Waals surface area contributed by atoms with Crippen molar-refractivity contribution in [1.29, 1.82) is 0 Å². The number of halogens is 5. The minimum Gasteiger partial charge on any atom is -0.354 e. The van der Waals surface area contributed by atoms with Gasteiger partial charge in [0, 0.05) is 5.92 Å². The van der Waals surface area contributed by atoms with Crippen molar-refractivity contribution < 1.29 is 36.5 Å². The lowest BCUT2D eigenvalue weighted by Gasteiger charge is -2.60. The lowest BCUT2D eigenvalue weighted by Crippen LogP contribution is -2.74. The molecule has 194 valence electrons. The van der Waals surface area contributed by atoms with Gasteiger partial charge in [-0.25, -0.2) is 0 Å². The molecular formula is C26H37F5O3. The zero-order valence-corrected chi connectivity index (χ0v) is 19.8. The Labute approximate surface area is 198 Å². The maximum atomic E-state index is 15.8. The molecular weight excluding hydrogens is 455 g/mol. The molecule has 7 rings (SSSR count). The third-order valence-corrected chi connectivity index (χ3v) is 10.8. The summed E-state index contributed by atoms with van der Waals surface area (Å²) < 4.78 is 85.2. The molecule has 6 saturated carbocycles. The number of alkyl halides is 5. The maximum Gasteiger partial charge on any atom is 0.449 e. The fourth-order valence-electron chi connectivity index (χ4n) is 9.67. The topological polar surface area (TPSA) is 38.7 Å². The Kier molecular flexibility index (Phi) is 5.63. The number of ether oxygens (including phenoxy) is 2. The number of hydrogen-bond acceptors (Lipinski definition) is 3. The van der Waals surface area contributed by atoms with Crippen LogP contribution in [0.15, 0.2) is 0 Å². The van der Waals surface area contributed by atoms with E-state index < -0.39 is 42.1 Å². The summed E-state index contributed by atoms with van der Waals surface area (Å²) in [6.45, 7) is 2.00. The molecule has 7 atom stereocenters. The zero-order valence-electron chi connectivity index (χ0n) is 19.8. The molecule has 1 heterocycles. The minimum atomic E-state index is -5.62. The van der Waals surface area contributed by atoms with Gasteiger partial charge in [-0.05, 0) is 98.7 Å². The van der Waals surface area contributed by atoms with Gasteiger partial charge in [0.25, 0.3) is 0 Å². The molecule has 0 spiro atoms. The van der Waals surface area contributed by atoms with Gasteiger partial charge in [0.1, 0.15) is 6.10 Å². The van der Waals surface area contributed by atoms with Gasteiger partial charge in [0.05, 0.1) is 0 Å². The van der Waals surface area contributed by atoms with E-state index in [1.165, 1.54) is 0 Å². The van der Waals surface area contributed by atoms with Crippen molar-refractivity contribution in [3.63, 3.8) is 0 Å². The van der Waals surface area contributed by atoms with Crippen LogP contribution in [0.25, 0.3) is 0 Å². The number of hydrogen-bond donors (Lipinski definition) is 1. The summed E-state index contributed by atoms with van der Waals surface area (Å²) in [5.74, 6) is -8.60. The monoisotopic (exact) mass is 492 g/mol. The van der Waals surface area contributed by atoms with E-state index in [0.717, 1.165) is 70.6 Å². The van der Waals surface area contributed by atoms with Crippen LogP contribution in [0.4, 0.5) is 22.0 Å². The molecule has 7 unspecified atom stereocenters. The predicted octanol–water partition coefficient (Wildman–Crippen LogP) is 6.54. The van der Waals surface area contributed by atoms with Crippen LogP contribution in [0, 0.1) is 53.3 Å². The third kappa shape index (κ3) is 3.43.